The first kappa shape index (κ1) is 23.8. The zero-order valence-corrected chi connectivity index (χ0v) is 21.3. The molecular weight excluding hydrogens is 450 g/mol. The fourth-order valence-electron chi connectivity index (χ4n) is 4.30. The van der Waals surface area contributed by atoms with Gasteiger partial charge in [0.2, 0.25) is 0 Å². The molecular formula is C26H33N3O2S2. The van der Waals surface area contributed by atoms with E-state index in [-0.39, 0.29) is 0 Å². The van der Waals surface area contributed by atoms with Gasteiger partial charge in [-0.1, -0.05) is 49.7 Å². The Bertz CT molecular complexity index is 1090. The number of methoxy groups -OCH3 is 1. The van der Waals surface area contributed by atoms with Crippen LogP contribution in [0.2, 0.25) is 0 Å². The quantitative estimate of drug-likeness (QED) is 0.351. The molecule has 5 nitrogen and oxygen atoms in total. The summed E-state index contributed by atoms with van der Waals surface area (Å²) in [5, 5.41) is 4.52. The number of aryl methyl sites for hydroxylation is 2. The summed E-state index contributed by atoms with van der Waals surface area (Å²) in [5.41, 5.74) is 4.06. The fourth-order valence-corrected chi connectivity index (χ4v) is 6.29. The van der Waals surface area contributed by atoms with Crippen LogP contribution < -0.4 is 14.8 Å². The maximum atomic E-state index is 13.2. The molecule has 4 rings (SSSR count). The summed E-state index contributed by atoms with van der Waals surface area (Å²) >= 11 is 1.66. The summed E-state index contributed by atoms with van der Waals surface area (Å²) in [6, 6.07) is 13.9. The van der Waals surface area contributed by atoms with Crippen LogP contribution in [0.5, 0.6) is 5.75 Å². The largest absolute Gasteiger partial charge is 0.495 e. The Kier molecular flexibility index (Phi) is 8.04. The number of ether oxygens (including phenoxy) is 1. The van der Waals surface area contributed by atoms with Crippen molar-refractivity contribution in [1.82, 2.24) is 4.98 Å². The molecule has 0 saturated heterocycles. The SMILES string of the molecule is CCc1ccc(NS(=O)c2cc(-c3sc(NCC4CCCCC4)nc3C)ccc2OC)cc1. The molecule has 0 amide bonds. The van der Waals surface area contributed by atoms with Gasteiger partial charge in [0, 0.05) is 12.2 Å². The van der Waals surface area contributed by atoms with Crippen molar-refractivity contribution in [3.63, 3.8) is 0 Å². The second-order valence-electron chi connectivity index (χ2n) is 8.61. The van der Waals surface area contributed by atoms with Gasteiger partial charge in [-0.25, -0.2) is 9.19 Å². The summed E-state index contributed by atoms with van der Waals surface area (Å²) in [4.78, 5) is 6.47. The summed E-state index contributed by atoms with van der Waals surface area (Å²) < 4.78 is 21.8. The lowest BCUT2D eigenvalue weighted by atomic mass is 9.89. The number of hydrogen-bond donors (Lipinski definition) is 2. The molecule has 7 heteroatoms. The molecule has 0 spiro atoms. The summed E-state index contributed by atoms with van der Waals surface area (Å²) in [6.07, 6.45) is 7.66. The molecule has 2 N–H and O–H groups in total. The standard InChI is InChI=1S/C26H33N3O2S2/c1-4-19-10-13-22(14-11-19)29-33(30)24-16-21(12-15-23(24)31-3)25-18(2)28-26(32-25)27-17-20-8-6-5-7-9-20/h10-16,20,29H,4-9,17H2,1-3H3,(H,27,28). The second kappa shape index (κ2) is 11.2. The maximum absolute atomic E-state index is 13.2. The van der Waals surface area contributed by atoms with Crippen molar-refractivity contribution in [2.75, 3.05) is 23.7 Å². The minimum atomic E-state index is -1.45. The third-order valence-electron chi connectivity index (χ3n) is 6.26. The Morgan fingerprint density at radius 1 is 1.12 bits per heavy atom. The lowest BCUT2D eigenvalue weighted by molar-refractivity contribution is 0.373. The summed E-state index contributed by atoms with van der Waals surface area (Å²) in [7, 11) is 0.157. The minimum Gasteiger partial charge on any atom is -0.495 e. The Hall–Kier alpha value is -2.38. The fraction of sp³-hybridized carbons (Fsp3) is 0.423. The van der Waals surface area contributed by atoms with Crippen LogP contribution in [0.3, 0.4) is 0 Å². The van der Waals surface area contributed by atoms with Crippen LogP contribution in [0.25, 0.3) is 10.4 Å². The van der Waals surface area contributed by atoms with E-state index in [2.05, 4.69) is 29.1 Å². The van der Waals surface area contributed by atoms with Gasteiger partial charge in [0.25, 0.3) is 0 Å². The average Bonchev–Trinajstić information content (AvgIpc) is 3.23. The van der Waals surface area contributed by atoms with E-state index in [1.165, 1.54) is 37.7 Å². The molecule has 0 radical (unpaired) electrons. The normalized spacial score (nSPS) is 15.2. The number of thiazole rings is 1. The third-order valence-corrected chi connectivity index (χ3v) is 8.57. The van der Waals surface area contributed by atoms with Gasteiger partial charge >= 0.3 is 0 Å². The van der Waals surface area contributed by atoms with Crippen molar-refractivity contribution >= 4 is 33.1 Å². The first-order valence-electron chi connectivity index (χ1n) is 11.7. The van der Waals surface area contributed by atoms with E-state index in [1.54, 1.807) is 18.4 Å². The number of rotatable bonds is 9. The van der Waals surface area contributed by atoms with Crippen LogP contribution in [0.4, 0.5) is 10.8 Å². The molecule has 176 valence electrons. The summed E-state index contributed by atoms with van der Waals surface area (Å²) in [5.74, 6) is 1.35. The smallest absolute Gasteiger partial charge is 0.183 e. The monoisotopic (exact) mass is 483 g/mol. The van der Waals surface area contributed by atoms with Gasteiger partial charge in [-0.2, -0.15) is 0 Å². The predicted octanol–water partition coefficient (Wildman–Crippen LogP) is 6.82. The zero-order valence-electron chi connectivity index (χ0n) is 19.6. The van der Waals surface area contributed by atoms with Gasteiger partial charge in [0.05, 0.1) is 17.7 Å². The van der Waals surface area contributed by atoms with Crippen molar-refractivity contribution in [3.8, 4) is 16.2 Å². The molecule has 1 saturated carbocycles. The second-order valence-corrected chi connectivity index (χ2v) is 10.8. The number of hydrogen-bond acceptors (Lipinski definition) is 5. The van der Waals surface area contributed by atoms with Crippen LogP contribution in [0, 0.1) is 12.8 Å². The molecule has 33 heavy (non-hydrogen) atoms. The molecule has 2 aromatic carbocycles. The van der Waals surface area contributed by atoms with E-state index in [0.29, 0.717) is 10.6 Å². The predicted molar refractivity (Wildman–Crippen MR) is 140 cm³/mol. The lowest BCUT2D eigenvalue weighted by Gasteiger charge is -2.21. The molecule has 1 aliphatic carbocycles. The number of aromatic nitrogens is 1. The Morgan fingerprint density at radius 3 is 2.58 bits per heavy atom. The van der Waals surface area contributed by atoms with Gasteiger partial charge in [-0.3, -0.25) is 0 Å². The lowest BCUT2D eigenvalue weighted by Crippen LogP contribution is -2.16. The van der Waals surface area contributed by atoms with Crippen molar-refractivity contribution in [3.05, 3.63) is 53.7 Å². The van der Waals surface area contributed by atoms with Gasteiger partial charge in [0.1, 0.15) is 10.6 Å². The van der Waals surface area contributed by atoms with Crippen LogP contribution >= 0.6 is 11.3 Å². The highest BCUT2D eigenvalue weighted by Gasteiger charge is 2.18. The highest BCUT2D eigenvalue weighted by molar-refractivity contribution is 7.86. The molecule has 1 aromatic heterocycles. The molecule has 1 fully saturated rings. The van der Waals surface area contributed by atoms with Crippen molar-refractivity contribution in [2.24, 2.45) is 5.92 Å². The van der Waals surface area contributed by atoms with E-state index < -0.39 is 11.0 Å². The van der Waals surface area contributed by atoms with E-state index in [0.717, 1.165) is 45.8 Å². The number of nitrogens with one attached hydrogen (secondary N) is 2. The topological polar surface area (TPSA) is 63.2 Å². The van der Waals surface area contributed by atoms with E-state index in [1.807, 2.05) is 37.3 Å². The van der Waals surface area contributed by atoms with Crippen LogP contribution in [-0.2, 0) is 17.4 Å². The molecule has 1 unspecified atom stereocenters. The van der Waals surface area contributed by atoms with E-state index in [9.17, 15) is 4.21 Å². The zero-order chi connectivity index (χ0) is 23.2. The van der Waals surface area contributed by atoms with Gasteiger partial charge in [-0.15, -0.1) is 0 Å². The van der Waals surface area contributed by atoms with Gasteiger partial charge in [0.15, 0.2) is 16.1 Å². The molecule has 1 aliphatic rings. The first-order valence-corrected chi connectivity index (χ1v) is 13.7. The number of nitrogens with zero attached hydrogens (tertiary/aromatic N) is 1. The average molecular weight is 484 g/mol. The molecule has 3 aromatic rings. The first-order chi connectivity index (χ1) is 16.1. The van der Waals surface area contributed by atoms with Crippen molar-refractivity contribution < 1.29 is 8.95 Å². The van der Waals surface area contributed by atoms with E-state index in [4.69, 9.17) is 9.72 Å². The highest BCUT2D eigenvalue weighted by atomic mass is 32.2. The maximum Gasteiger partial charge on any atom is 0.183 e. The van der Waals surface area contributed by atoms with Crippen molar-refractivity contribution in [2.45, 2.75) is 57.3 Å². The van der Waals surface area contributed by atoms with E-state index >= 15 is 0 Å². The minimum absolute atomic E-state index is 0.604. The third kappa shape index (κ3) is 5.95. The van der Waals surface area contributed by atoms with Gasteiger partial charge < -0.3 is 14.8 Å². The Balaban J connectivity index is 1.52. The Morgan fingerprint density at radius 2 is 1.88 bits per heavy atom. The molecule has 1 atom stereocenters. The van der Waals surface area contributed by atoms with Gasteiger partial charge in [-0.05, 0) is 73.6 Å². The number of anilines is 2. The molecule has 0 aliphatic heterocycles. The van der Waals surface area contributed by atoms with Crippen molar-refractivity contribution in [1.29, 1.82) is 0 Å². The highest BCUT2D eigenvalue weighted by Crippen LogP contribution is 2.36. The van der Waals surface area contributed by atoms with Crippen LogP contribution in [0.15, 0.2) is 47.4 Å². The molecule has 0 bridgehead atoms. The summed E-state index contributed by atoms with van der Waals surface area (Å²) in [6.45, 7) is 5.15. The van der Waals surface area contributed by atoms with Crippen LogP contribution in [0.1, 0.15) is 50.3 Å². The number of benzene rings is 2. The van der Waals surface area contributed by atoms with Crippen LogP contribution in [-0.4, -0.2) is 22.8 Å². The Labute approximate surface area is 203 Å². The molecule has 1 heterocycles.